The van der Waals surface area contributed by atoms with Gasteiger partial charge >= 0.3 is 12.1 Å². The molecule has 2 aliphatic rings. The Hall–Kier alpha value is -4.03. The van der Waals surface area contributed by atoms with Gasteiger partial charge in [0, 0.05) is 30.3 Å². The molecule has 0 spiro atoms. The number of alkyl halides is 3. The highest BCUT2D eigenvalue weighted by Crippen LogP contribution is 2.42. The summed E-state index contributed by atoms with van der Waals surface area (Å²) in [5, 5.41) is 7.75. The van der Waals surface area contributed by atoms with Crippen LogP contribution in [0.4, 0.5) is 23.2 Å². The van der Waals surface area contributed by atoms with Crippen LogP contribution in [0.5, 0.6) is 11.6 Å². The van der Waals surface area contributed by atoms with Gasteiger partial charge in [-0.2, -0.15) is 28.2 Å². The van der Waals surface area contributed by atoms with Crippen molar-refractivity contribution in [2.75, 3.05) is 12.0 Å². The van der Waals surface area contributed by atoms with Gasteiger partial charge in [0.25, 0.3) is 0 Å². The summed E-state index contributed by atoms with van der Waals surface area (Å²) in [5.74, 6) is -3.43. The number of carbonyl (C=O) groups is 2. The highest BCUT2D eigenvalue weighted by Gasteiger charge is 2.39. The SMILES string of the molecule is COC(=O)c1cc(Oc2ncc(Cn3nccn3)cc2C(F)(F)F)c(F)cc1N(C(=O)C1CCC(C)CC1)C1CCC1. The monoisotopic (exact) mass is 589 g/mol. The first-order valence-electron chi connectivity index (χ1n) is 13.9. The zero-order valence-electron chi connectivity index (χ0n) is 23.2. The second-order valence-electron chi connectivity index (χ2n) is 10.9. The van der Waals surface area contributed by atoms with Gasteiger partial charge < -0.3 is 14.4 Å². The lowest BCUT2D eigenvalue weighted by molar-refractivity contribution is -0.139. The Morgan fingerprint density at radius 3 is 2.33 bits per heavy atom. The van der Waals surface area contributed by atoms with Crippen LogP contribution in [0.2, 0.25) is 0 Å². The molecule has 224 valence electrons. The van der Waals surface area contributed by atoms with Crippen molar-refractivity contribution in [1.29, 1.82) is 0 Å². The highest BCUT2D eigenvalue weighted by molar-refractivity contribution is 6.04. The number of esters is 1. The molecule has 0 atom stereocenters. The predicted molar refractivity (Wildman–Crippen MR) is 142 cm³/mol. The summed E-state index contributed by atoms with van der Waals surface area (Å²) in [6.45, 7) is 2.06. The molecule has 0 radical (unpaired) electrons. The normalized spacial score (nSPS) is 19.2. The van der Waals surface area contributed by atoms with E-state index >= 15 is 4.39 Å². The van der Waals surface area contributed by atoms with E-state index in [9.17, 15) is 22.8 Å². The number of methoxy groups -OCH3 is 1. The zero-order valence-corrected chi connectivity index (χ0v) is 23.2. The molecule has 3 aromatic rings. The molecular weight excluding hydrogens is 558 g/mol. The molecule has 5 rings (SSSR count). The van der Waals surface area contributed by atoms with Crippen molar-refractivity contribution in [3.63, 3.8) is 0 Å². The van der Waals surface area contributed by atoms with Crippen LogP contribution < -0.4 is 9.64 Å². The largest absolute Gasteiger partial charge is 0.465 e. The van der Waals surface area contributed by atoms with Crippen LogP contribution in [-0.4, -0.2) is 45.0 Å². The molecule has 0 N–H and O–H groups in total. The van der Waals surface area contributed by atoms with E-state index in [1.807, 2.05) is 0 Å². The number of aromatic nitrogens is 4. The molecule has 9 nitrogen and oxygen atoms in total. The molecule has 2 saturated carbocycles. The average molecular weight is 590 g/mol. The molecule has 13 heteroatoms. The van der Waals surface area contributed by atoms with Crippen molar-refractivity contribution in [1.82, 2.24) is 20.0 Å². The molecule has 1 aromatic carbocycles. The molecule has 1 amide bonds. The predicted octanol–water partition coefficient (Wildman–Crippen LogP) is 6.17. The summed E-state index contributed by atoms with van der Waals surface area (Å²) in [6.07, 6.45) is 4.46. The summed E-state index contributed by atoms with van der Waals surface area (Å²) in [7, 11) is 1.13. The smallest absolute Gasteiger partial charge is 0.421 e. The van der Waals surface area contributed by atoms with Crippen LogP contribution in [0.25, 0.3) is 0 Å². The van der Waals surface area contributed by atoms with Crippen LogP contribution in [0.1, 0.15) is 73.4 Å². The fourth-order valence-corrected chi connectivity index (χ4v) is 5.40. The van der Waals surface area contributed by atoms with Crippen LogP contribution in [0.3, 0.4) is 0 Å². The van der Waals surface area contributed by atoms with Gasteiger partial charge in [-0.05, 0) is 62.5 Å². The minimum atomic E-state index is -4.89. The van der Waals surface area contributed by atoms with E-state index in [2.05, 4.69) is 22.1 Å². The second-order valence-corrected chi connectivity index (χ2v) is 10.9. The summed E-state index contributed by atoms with van der Waals surface area (Å²) < 4.78 is 67.9. The quantitative estimate of drug-likeness (QED) is 0.229. The van der Waals surface area contributed by atoms with E-state index in [4.69, 9.17) is 9.47 Å². The number of nitrogens with zero attached hydrogens (tertiary/aromatic N) is 5. The van der Waals surface area contributed by atoms with Crippen LogP contribution in [0.15, 0.2) is 36.8 Å². The highest BCUT2D eigenvalue weighted by atomic mass is 19.4. The number of ether oxygens (including phenoxy) is 2. The summed E-state index contributed by atoms with van der Waals surface area (Å²) in [4.78, 5) is 33.1. The van der Waals surface area contributed by atoms with Gasteiger partial charge in [-0.1, -0.05) is 6.92 Å². The number of anilines is 1. The number of hydrogen-bond donors (Lipinski definition) is 0. The maximum absolute atomic E-state index is 15.6. The minimum absolute atomic E-state index is 0.0195. The van der Waals surface area contributed by atoms with Crippen molar-refractivity contribution in [3.8, 4) is 11.6 Å². The number of benzene rings is 1. The molecule has 0 unspecified atom stereocenters. The van der Waals surface area contributed by atoms with E-state index in [0.717, 1.165) is 50.8 Å². The van der Waals surface area contributed by atoms with Gasteiger partial charge in [0.2, 0.25) is 11.8 Å². The number of rotatable bonds is 8. The third-order valence-corrected chi connectivity index (χ3v) is 7.97. The molecule has 42 heavy (non-hydrogen) atoms. The molecular formula is C29H31F4N5O4. The lowest BCUT2D eigenvalue weighted by Gasteiger charge is -2.41. The molecule has 0 bridgehead atoms. The van der Waals surface area contributed by atoms with Crippen molar-refractivity contribution in [2.45, 2.75) is 70.6 Å². The van der Waals surface area contributed by atoms with E-state index in [1.165, 1.54) is 22.1 Å². The van der Waals surface area contributed by atoms with E-state index < -0.39 is 35.2 Å². The van der Waals surface area contributed by atoms with Gasteiger partial charge in [-0.15, -0.1) is 0 Å². The topological polar surface area (TPSA) is 99.4 Å². The van der Waals surface area contributed by atoms with Crippen molar-refractivity contribution < 1.29 is 36.6 Å². The maximum Gasteiger partial charge on any atom is 0.421 e. The molecule has 2 fully saturated rings. The van der Waals surface area contributed by atoms with Gasteiger partial charge in [0.15, 0.2) is 11.6 Å². The minimum Gasteiger partial charge on any atom is -0.465 e. The summed E-state index contributed by atoms with van der Waals surface area (Å²) in [6, 6.07) is 2.54. The second kappa shape index (κ2) is 12.1. The van der Waals surface area contributed by atoms with Crippen LogP contribution in [0, 0.1) is 17.7 Å². The van der Waals surface area contributed by atoms with E-state index in [-0.39, 0.29) is 41.2 Å². The number of hydrogen-bond acceptors (Lipinski definition) is 7. The Labute approximate surface area is 239 Å². The standard InChI is InChI=1S/C29H31F4N5O4/c1-17-6-8-19(9-7-17)27(39)38(20-4-3-5-20)24-14-23(30)25(13-21(24)28(40)41-2)42-26-22(29(31,32)33)12-18(15-34-26)16-37-35-10-11-36-37/h10-15,17,19-20H,3-9,16H2,1-2H3. The fourth-order valence-electron chi connectivity index (χ4n) is 5.40. The molecule has 0 aliphatic heterocycles. The molecule has 2 aliphatic carbocycles. The van der Waals surface area contributed by atoms with Gasteiger partial charge in [0.1, 0.15) is 5.56 Å². The van der Waals surface area contributed by atoms with Crippen LogP contribution in [-0.2, 0) is 22.3 Å². The Balaban J connectivity index is 1.51. The van der Waals surface area contributed by atoms with Crippen LogP contribution >= 0.6 is 0 Å². The molecule has 0 saturated heterocycles. The Morgan fingerprint density at radius 2 is 1.74 bits per heavy atom. The number of amides is 1. The summed E-state index contributed by atoms with van der Waals surface area (Å²) in [5.41, 5.74) is -1.27. The van der Waals surface area contributed by atoms with Crippen molar-refractivity contribution in [2.24, 2.45) is 11.8 Å². The van der Waals surface area contributed by atoms with Gasteiger partial charge in [-0.25, -0.2) is 14.2 Å². The maximum atomic E-state index is 15.6. The lowest BCUT2D eigenvalue weighted by atomic mass is 9.81. The summed E-state index contributed by atoms with van der Waals surface area (Å²) >= 11 is 0. The van der Waals surface area contributed by atoms with E-state index in [1.54, 1.807) is 0 Å². The molecule has 2 heterocycles. The van der Waals surface area contributed by atoms with Crippen molar-refractivity contribution in [3.05, 3.63) is 59.3 Å². The molecule has 2 aromatic heterocycles. The first kappa shape index (κ1) is 29.5. The number of halogens is 4. The Morgan fingerprint density at radius 1 is 1.05 bits per heavy atom. The number of carbonyl (C=O) groups excluding carboxylic acids is 2. The third-order valence-electron chi connectivity index (χ3n) is 7.97. The van der Waals surface area contributed by atoms with Gasteiger partial charge in [0.05, 0.1) is 37.3 Å². The Kier molecular flexibility index (Phi) is 8.46. The third kappa shape index (κ3) is 6.24. The Bertz CT molecular complexity index is 1430. The fraction of sp³-hybridized carbons (Fsp3) is 0.483. The average Bonchev–Trinajstić information content (AvgIpc) is 3.44. The van der Waals surface area contributed by atoms with Gasteiger partial charge in [-0.3, -0.25) is 4.79 Å². The lowest BCUT2D eigenvalue weighted by Crippen LogP contribution is -2.48. The zero-order chi connectivity index (χ0) is 30.0. The number of pyridine rings is 1. The van der Waals surface area contributed by atoms with E-state index in [0.29, 0.717) is 31.6 Å². The first-order chi connectivity index (χ1) is 20.0. The van der Waals surface area contributed by atoms with Crippen molar-refractivity contribution >= 4 is 17.6 Å². The first-order valence-corrected chi connectivity index (χ1v) is 13.9.